The van der Waals surface area contributed by atoms with Crippen molar-refractivity contribution in [3.8, 4) is 5.75 Å². The molecule has 1 aliphatic rings. The van der Waals surface area contributed by atoms with Crippen LogP contribution in [0.25, 0.3) is 0 Å². The molecule has 1 aromatic carbocycles. The summed E-state index contributed by atoms with van der Waals surface area (Å²) in [6, 6.07) is 6.22. The van der Waals surface area contributed by atoms with Crippen LogP contribution < -0.4 is 4.74 Å². The van der Waals surface area contributed by atoms with Crippen LogP contribution in [0.2, 0.25) is 0 Å². The lowest BCUT2D eigenvalue weighted by atomic mass is 10.1. The molecule has 0 N–H and O–H groups in total. The second-order valence-electron chi connectivity index (χ2n) is 5.34. The minimum Gasteiger partial charge on any atom is -0.496 e. The van der Waals surface area contributed by atoms with Crippen molar-refractivity contribution in [3.05, 3.63) is 29.3 Å². The molecule has 1 saturated heterocycles. The molecule has 1 aliphatic heterocycles. The fourth-order valence-electron chi connectivity index (χ4n) is 2.56. The Morgan fingerprint density at radius 2 is 2.14 bits per heavy atom. The molecule has 0 spiro atoms. The molecule has 1 fully saturated rings. The van der Waals surface area contributed by atoms with Crippen molar-refractivity contribution in [1.29, 1.82) is 0 Å². The van der Waals surface area contributed by atoms with Gasteiger partial charge >= 0.3 is 0 Å². The molecule has 0 bridgehead atoms. The highest BCUT2D eigenvalue weighted by Gasteiger charge is 2.16. The molecule has 0 aromatic heterocycles. The Morgan fingerprint density at radius 3 is 2.81 bits per heavy atom. The standard InChI is InChI=1S/C16H25NO4/c1-17(10-15-12-20-6-7-21-15)9-13-4-5-16(19-3)14(8-13)11-18-2/h4-5,8,15H,6-7,9-12H2,1-3H3. The summed E-state index contributed by atoms with van der Waals surface area (Å²) < 4.78 is 21.7. The monoisotopic (exact) mass is 295 g/mol. The average Bonchev–Trinajstić information content (AvgIpc) is 2.49. The van der Waals surface area contributed by atoms with E-state index in [0.29, 0.717) is 26.4 Å². The molecule has 5 heteroatoms. The first kappa shape index (κ1) is 16.2. The Bertz CT molecular complexity index is 432. The third-order valence-electron chi connectivity index (χ3n) is 3.50. The minimum absolute atomic E-state index is 0.167. The molecule has 0 saturated carbocycles. The molecule has 1 aromatic rings. The second-order valence-corrected chi connectivity index (χ2v) is 5.34. The lowest BCUT2D eigenvalue weighted by molar-refractivity contribution is -0.0962. The van der Waals surface area contributed by atoms with E-state index < -0.39 is 0 Å². The molecule has 0 aliphatic carbocycles. The number of hydrogen-bond donors (Lipinski definition) is 0. The van der Waals surface area contributed by atoms with E-state index in [1.54, 1.807) is 14.2 Å². The highest BCUT2D eigenvalue weighted by Crippen LogP contribution is 2.21. The van der Waals surface area contributed by atoms with Crippen LogP contribution in [0, 0.1) is 0 Å². The maximum Gasteiger partial charge on any atom is 0.124 e. The van der Waals surface area contributed by atoms with E-state index in [4.69, 9.17) is 18.9 Å². The molecule has 1 heterocycles. The van der Waals surface area contributed by atoms with Crippen molar-refractivity contribution in [2.75, 3.05) is 47.6 Å². The van der Waals surface area contributed by atoms with Gasteiger partial charge in [-0.1, -0.05) is 6.07 Å². The van der Waals surface area contributed by atoms with E-state index in [-0.39, 0.29) is 6.10 Å². The van der Waals surface area contributed by atoms with Crippen LogP contribution in [0.3, 0.4) is 0 Å². The van der Waals surface area contributed by atoms with Crippen molar-refractivity contribution in [2.24, 2.45) is 0 Å². The Labute approximate surface area is 126 Å². The number of ether oxygens (including phenoxy) is 4. The SMILES string of the molecule is COCc1cc(CN(C)CC2COCCO2)ccc1OC. The number of nitrogens with zero attached hydrogens (tertiary/aromatic N) is 1. The Hall–Kier alpha value is -1.14. The minimum atomic E-state index is 0.167. The van der Waals surface area contributed by atoms with E-state index in [0.717, 1.165) is 24.4 Å². The van der Waals surface area contributed by atoms with E-state index in [2.05, 4.69) is 24.1 Å². The first-order chi connectivity index (χ1) is 10.2. The van der Waals surface area contributed by atoms with Gasteiger partial charge in [-0.3, -0.25) is 4.90 Å². The van der Waals surface area contributed by atoms with Gasteiger partial charge in [0.15, 0.2) is 0 Å². The van der Waals surface area contributed by atoms with Gasteiger partial charge in [-0.2, -0.15) is 0 Å². The van der Waals surface area contributed by atoms with Gasteiger partial charge in [0, 0.05) is 25.8 Å². The fourth-order valence-corrected chi connectivity index (χ4v) is 2.56. The summed E-state index contributed by atoms with van der Waals surface area (Å²) in [6.07, 6.45) is 0.167. The summed E-state index contributed by atoms with van der Waals surface area (Å²) in [5, 5.41) is 0. The third kappa shape index (κ3) is 4.97. The number of benzene rings is 1. The van der Waals surface area contributed by atoms with E-state index >= 15 is 0 Å². The zero-order valence-corrected chi connectivity index (χ0v) is 13.1. The van der Waals surface area contributed by atoms with Gasteiger partial charge in [0.25, 0.3) is 0 Å². The molecule has 0 amide bonds. The van der Waals surface area contributed by atoms with Gasteiger partial charge < -0.3 is 18.9 Å². The third-order valence-corrected chi connectivity index (χ3v) is 3.50. The number of methoxy groups -OCH3 is 2. The summed E-state index contributed by atoms with van der Waals surface area (Å²) in [5.74, 6) is 0.868. The van der Waals surface area contributed by atoms with Crippen LogP contribution >= 0.6 is 0 Å². The molecule has 5 nitrogen and oxygen atoms in total. The van der Waals surface area contributed by atoms with E-state index in [1.807, 2.05) is 6.07 Å². The lowest BCUT2D eigenvalue weighted by Gasteiger charge is -2.27. The zero-order chi connectivity index (χ0) is 15.1. The van der Waals surface area contributed by atoms with Crippen LogP contribution in [0.1, 0.15) is 11.1 Å². The smallest absolute Gasteiger partial charge is 0.124 e. The molecule has 0 radical (unpaired) electrons. The average molecular weight is 295 g/mol. The first-order valence-corrected chi connectivity index (χ1v) is 7.25. The molecule has 118 valence electrons. The van der Waals surface area contributed by atoms with Gasteiger partial charge in [0.2, 0.25) is 0 Å². The highest BCUT2D eigenvalue weighted by atomic mass is 16.6. The van der Waals surface area contributed by atoms with Gasteiger partial charge in [-0.15, -0.1) is 0 Å². The van der Waals surface area contributed by atoms with Crippen LogP contribution in [0.5, 0.6) is 5.75 Å². The Morgan fingerprint density at radius 1 is 1.29 bits per heavy atom. The van der Waals surface area contributed by atoms with E-state index in [1.165, 1.54) is 5.56 Å². The van der Waals surface area contributed by atoms with Gasteiger partial charge in [-0.25, -0.2) is 0 Å². The van der Waals surface area contributed by atoms with Crippen LogP contribution in [0.4, 0.5) is 0 Å². The highest BCUT2D eigenvalue weighted by molar-refractivity contribution is 5.36. The molecule has 2 rings (SSSR count). The largest absolute Gasteiger partial charge is 0.496 e. The molecule has 21 heavy (non-hydrogen) atoms. The second kappa shape index (κ2) is 8.34. The normalized spacial score (nSPS) is 19.0. The van der Waals surface area contributed by atoms with Crippen LogP contribution in [-0.4, -0.2) is 58.6 Å². The number of rotatable bonds is 7. The predicted molar refractivity (Wildman–Crippen MR) is 80.6 cm³/mol. The summed E-state index contributed by atoms with van der Waals surface area (Å²) in [4.78, 5) is 2.25. The molecule has 1 unspecified atom stereocenters. The summed E-state index contributed by atoms with van der Waals surface area (Å²) in [6.45, 7) is 4.37. The van der Waals surface area contributed by atoms with Crippen molar-refractivity contribution in [1.82, 2.24) is 4.90 Å². The first-order valence-electron chi connectivity index (χ1n) is 7.25. The number of likely N-dealkylation sites (N-methyl/N-ethyl adjacent to an activating group) is 1. The summed E-state index contributed by atoms with van der Waals surface area (Å²) in [7, 11) is 5.47. The molecular formula is C16H25NO4. The molecule has 1 atom stereocenters. The fraction of sp³-hybridized carbons (Fsp3) is 0.625. The Kier molecular flexibility index (Phi) is 6.45. The molecular weight excluding hydrogens is 270 g/mol. The van der Waals surface area contributed by atoms with Gasteiger partial charge in [-0.05, 0) is 24.7 Å². The quantitative estimate of drug-likeness (QED) is 0.765. The number of hydrogen-bond acceptors (Lipinski definition) is 5. The van der Waals surface area contributed by atoms with Crippen LogP contribution in [0.15, 0.2) is 18.2 Å². The van der Waals surface area contributed by atoms with Crippen molar-refractivity contribution in [2.45, 2.75) is 19.3 Å². The van der Waals surface area contributed by atoms with Gasteiger partial charge in [0.05, 0.1) is 39.6 Å². The van der Waals surface area contributed by atoms with Gasteiger partial charge in [0.1, 0.15) is 5.75 Å². The Balaban J connectivity index is 1.93. The maximum absolute atomic E-state index is 5.68. The summed E-state index contributed by atoms with van der Waals surface area (Å²) in [5.41, 5.74) is 2.31. The lowest BCUT2D eigenvalue weighted by Crippen LogP contribution is -2.38. The zero-order valence-electron chi connectivity index (χ0n) is 13.1. The summed E-state index contributed by atoms with van der Waals surface area (Å²) >= 11 is 0. The van der Waals surface area contributed by atoms with E-state index in [9.17, 15) is 0 Å². The van der Waals surface area contributed by atoms with Crippen molar-refractivity contribution >= 4 is 0 Å². The van der Waals surface area contributed by atoms with Crippen molar-refractivity contribution in [3.63, 3.8) is 0 Å². The maximum atomic E-state index is 5.68. The van der Waals surface area contributed by atoms with Crippen molar-refractivity contribution < 1.29 is 18.9 Å². The topological polar surface area (TPSA) is 40.2 Å². The van der Waals surface area contributed by atoms with Crippen LogP contribution in [-0.2, 0) is 27.4 Å². The predicted octanol–water partition coefficient (Wildman–Crippen LogP) is 1.69.